The number of furan rings is 1. The zero-order chi connectivity index (χ0) is 17.4. The third kappa shape index (κ3) is 3.65. The van der Waals surface area contributed by atoms with Gasteiger partial charge in [-0.25, -0.2) is 13.1 Å². The molecule has 24 heavy (non-hydrogen) atoms. The molecule has 3 rings (SSSR count). The standard InChI is InChI=1S/C16H24N2O5S/c1-12-3-4-13(23-12)15(19)18-8-5-16(6-9-18)7-10-22-11-14(16)17-24(2,20)21/h3-4,14,17H,5-11H2,1-2H3/t14-/m1/s1. The van der Waals surface area contributed by atoms with Crippen molar-refractivity contribution >= 4 is 15.9 Å². The molecule has 0 aromatic carbocycles. The average Bonchev–Trinajstić information content (AvgIpc) is 2.95. The molecule has 2 saturated heterocycles. The maximum absolute atomic E-state index is 12.5. The van der Waals surface area contributed by atoms with Crippen molar-refractivity contribution in [2.24, 2.45) is 5.41 Å². The number of amides is 1. The fourth-order valence-electron chi connectivity index (χ4n) is 3.70. The van der Waals surface area contributed by atoms with Gasteiger partial charge >= 0.3 is 0 Å². The smallest absolute Gasteiger partial charge is 0.289 e. The normalized spacial score (nSPS) is 24.2. The number of sulfonamides is 1. The Kier molecular flexibility index (Phi) is 4.72. The number of likely N-dealkylation sites (tertiary alicyclic amines) is 1. The lowest BCUT2D eigenvalue weighted by Gasteiger charge is -2.48. The maximum atomic E-state index is 12.5. The molecular weight excluding hydrogens is 332 g/mol. The highest BCUT2D eigenvalue weighted by atomic mass is 32.2. The van der Waals surface area contributed by atoms with Gasteiger partial charge in [-0.15, -0.1) is 0 Å². The highest BCUT2D eigenvalue weighted by molar-refractivity contribution is 7.88. The highest BCUT2D eigenvalue weighted by Crippen LogP contribution is 2.41. The minimum Gasteiger partial charge on any atom is -0.456 e. The Balaban J connectivity index is 1.69. The summed E-state index contributed by atoms with van der Waals surface area (Å²) in [6.45, 7) is 4.03. The van der Waals surface area contributed by atoms with Crippen LogP contribution < -0.4 is 4.72 Å². The fraction of sp³-hybridized carbons (Fsp3) is 0.688. The summed E-state index contributed by atoms with van der Waals surface area (Å²) < 4.78 is 36.9. The number of nitrogens with one attached hydrogen (secondary N) is 1. The van der Waals surface area contributed by atoms with E-state index in [1.54, 1.807) is 17.0 Å². The van der Waals surface area contributed by atoms with Crippen LogP contribution in [0, 0.1) is 12.3 Å². The molecule has 0 bridgehead atoms. The molecule has 0 radical (unpaired) electrons. The van der Waals surface area contributed by atoms with E-state index in [2.05, 4.69) is 4.72 Å². The number of piperidine rings is 1. The number of hydrogen-bond acceptors (Lipinski definition) is 5. The molecule has 134 valence electrons. The first kappa shape index (κ1) is 17.4. The minimum atomic E-state index is -3.29. The molecule has 3 heterocycles. The first-order chi connectivity index (χ1) is 11.3. The minimum absolute atomic E-state index is 0.0994. The fourth-order valence-corrected chi connectivity index (χ4v) is 4.54. The number of carbonyl (C=O) groups is 1. The van der Waals surface area contributed by atoms with E-state index in [1.165, 1.54) is 6.26 Å². The van der Waals surface area contributed by atoms with Gasteiger partial charge in [0.2, 0.25) is 10.0 Å². The second-order valence-electron chi connectivity index (χ2n) is 6.83. The molecule has 7 nitrogen and oxygen atoms in total. The van der Waals surface area contributed by atoms with E-state index in [0.29, 0.717) is 37.8 Å². The van der Waals surface area contributed by atoms with Crippen molar-refractivity contribution in [1.82, 2.24) is 9.62 Å². The van der Waals surface area contributed by atoms with Crippen LogP contribution in [0.2, 0.25) is 0 Å². The zero-order valence-electron chi connectivity index (χ0n) is 14.1. The third-order valence-corrected chi connectivity index (χ3v) is 5.83. The van der Waals surface area contributed by atoms with Crippen molar-refractivity contribution in [2.45, 2.75) is 32.2 Å². The number of nitrogens with zero attached hydrogens (tertiary/aromatic N) is 1. The SMILES string of the molecule is Cc1ccc(C(=O)N2CCC3(CCOC[C@H]3NS(C)(=O)=O)CC2)o1. The van der Waals surface area contributed by atoms with Gasteiger partial charge in [0.1, 0.15) is 5.76 Å². The molecular formula is C16H24N2O5S. The second-order valence-corrected chi connectivity index (χ2v) is 8.61. The molecule has 1 atom stereocenters. The molecule has 1 N–H and O–H groups in total. The Morgan fingerprint density at radius 3 is 2.58 bits per heavy atom. The van der Waals surface area contributed by atoms with E-state index in [4.69, 9.17) is 9.15 Å². The van der Waals surface area contributed by atoms with Gasteiger partial charge < -0.3 is 14.1 Å². The summed E-state index contributed by atoms with van der Waals surface area (Å²) in [4.78, 5) is 14.3. The van der Waals surface area contributed by atoms with Crippen molar-refractivity contribution < 1.29 is 22.4 Å². The van der Waals surface area contributed by atoms with Crippen LogP contribution in [0.1, 0.15) is 35.6 Å². The summed E-state index contributed by atoms with van der Waals surface area (Å²) in [6, 6.07) is 3.25. The number of carbonyl (C=O) groups excluding carboxylic acids is 1. The summed E-state index contributed by atoms with van der Waals surface area (Å²) in [6.07, 6.45) is 3.50. The van der Waals surface area contributed by atoms with Gasteiger partial charge in [0.15, 0.2) is 5.76 Å². The molecule has 0 unspecified atom stereocenters. The monoisotopic (exact) mass is 356 g/mol. The molecule has 1 spiro atoms. The number of ether oxygens (including phenoxy) is 1. The lowest BCUT2D eigenvalue weighted by atomic mass is 9.69. The van der Waals surface area contributed by atoms with E-state index < -0.39 is 10.0 Å². The van der Waals surface area contributed by atoms with Crippen molar-refractivity contribution in [3.63, 3.8) is 0 Å². The van der Waals surface area contributed by atoms with E-state index >= 15 is 0 Å². The molecule has 0 saturated carbocycles. The predicted octanol–water partition coefficient (Wildman–Crippen LogP) is 1.15. The van der Waals surface area contributed by atoms with E-state index in [-0.39, 0.29) is 17.4 Å². The van der Waals surface area contributed by atoms with Crippen LogP contribution in [0.5, 0.6) is 0 Å². The second kappa shape index (κ2) is 6.50. The molecule has 2 aliphatic rings. The Bertz CT molecular complexity index is 704. The molecule has 1 amide bonds. The molecule has 1 aromatic heterocycles. The topological polar surface area (TPSA) is 88.9 Å². The molecule has 8 heteroatoms. The predicted molar refractivity (Wildman–Crippen MR) is 88.2 cm³/mol. The molecule has 2 fully saturated rings. The average molecular weight is 356 g/mol. The van der Waals surface area contributed by atoms with Crippen LogP contribution in [0.3, 0.4) is 0 Å². The molecule has 1 aromatic rings. The van der Waals surface area contributed by atoms with Crippen LogP contribution in [0.15, 0.2) is 16.5 Å². The summed E-state index contributed by atoms with van der Waals surface area (Å²) in [5.74, 6) is 0.979. The van der Waals surface area contributed by atoms with E-state index in [9.17, 15) is 13.2 Å². The van der Waals surface area contributed by atoms with Crippen molar-refractivity contribution in [3.8, 4) is 0 Å². The first-order valence-electron chi connectivity index (χ1n) is 8.20. The number of aryl methyl sites for hydroxylation is 1. The Hall–Kier alpha value is -1.38. The highest BCUT2D eigenvalue weighted by Gasteiger charge is 2.45. The van der Waals surface area contributed by atoms with Crippen molar-refractivity contribution in [3.05, 3.63) is 23.7 Å². The van der Waals surface area contributed by atoms with Gasteiger partial charge in [0, 0.05) is 19.7 Å². The summed E-state index contributed by atoms with van der Waals surface area (Å²) in [5.41, 5.74) is -0.142. The molecule has 0 aliphatic carbocycles. The summed E-state index contributed by atoms with van der Waals surface area (Å²) in [7, 11) is -3.29. The van der Waals surface area contributed by atoms with Gasteiger partial charge in [0.25, 0.3) is 5.91 Å². The number of hydrogen-bond donors (Lipinski definition) is 1. The van der Waals surface area contributed by atoms with Crippen LogP contribution in [-0.2, 0) is 14.8 Å². The van der Waals surface area contributed by atoms with Crippen LogP contribution in [0.4, 0.5) is 0 Å². The van der Waals surface area contributed by atoms with Crippen molar-refractivity contribution in [2.75, 3.05) is 32.6 Å². The quantitative estimate of drug-likeness (QED) is 0.878. The number of rotatable bonds is 3. The lowest BCUT2D eigenvalue weighted by Crippen LogP contribution is -2.57. The maximum Gasteiger partial charge on any atom is 0.289 e. The largest absolute Gasteiger partial charge is 0.456 e. The van der Waals surface area contributed by atoms with Crippen LogP contribution in [0.25, 0.3) is 0 Å². The Morgan fingerprint density at radius 2 is 2.00 bits per heavy atom. The van der Waals surface area contributed by atoms with Crippen LogP contribution >= 0.6 is 0 Å². The summed E-state index contributed by atoms with van der Waals surface area (Å²) >= 11 is 0. The van der Waals surface area contributed by atoms with Gasteiger partial charge in [-0.2, -0.15) is 0 Å². The first-order valence-corrected chi connectivity index (χ1v) is 10.1. The van der Waals surface area contributed by atoms with E-state index in [1.807, 2.05) is 6.92 Å². The lowest BCUT2D eigenvalue weighted by molar-refractivity contribution is -0.0403. The van der Waals surface area contributed by atoms with Gasteiger partial charge in [-0.1, -0.05) is 0 Å². The zero-order valence-corrected chi connectivity index (χ0v) is 14.9. The molecule has 2 aliphatic heterocycles. The van der Waals surface area contributed by atoms with Crippen molar-refractivity contribution in [1.29, 1.82) is 0 Å². The third-order valence-electron chi connectivity index (χ3n) is 5.12. The van der Waals surface area contributed by atoms with Gasteiger partial charge in [-0.05, 0) is 43.7 Å². The Labute approximate surface area is 142 Å². The van der Waals surface area contributed by atoms with Gasteiger partial charge in [0.05, 0.1) is 18.9 Å². The Morgan fingerprint density at radius 1 is 1.29 bits per heavy atom. The summed E-state index contributed by atoms with van der Waals surface area (Å²) in [5, 5.41) is 0. The van der Waals surface area contributed by atoms with E-state index in [0.717, 1.165) is 19.3 Å². The van der Waals surface area contributed by atoms with Crippen LogP contribution in [-0.4, -0.2) is 57.8 Å². The van der Waals surface area contributed by atoms with Gasteiger partial charge in [-0.3, -0.25) is 4.79 Å².